The Morgan fingerprint density at radius 2 is 2.11 bits per heavy atom. The molecule has 1 N–H and O–H groups in total. The minimum atomic E-state index is 0.372. The van der Waals surface area contributed by atoms with E-state index in [9.17, 15) is 0 Å². The maximum absolute atomic E-state index is 5.67. The molecular weight excluding hydrogens is 238 g/mol. The van der Waals surface area contributed by atoms with Gasteiger partial charge in [-0.15, -0.1) is 0 Å². The van der Waals surface area contributed by atoms with Gasteiger partial charge in [-0.1, -0.05) is 19.3 Å². The van der Waals surface area contributed by atoms with Crippen molar-refractivity contribution < 1.29 is 4.74 Å². The third kappa shape index (κ3) is 3.11. The van der Waals surface area contributed by atoms with Crippen LogP contribution in [0.3, 0.4) is 0 Å². The molecule has 1 aromatic rings. The lowest BCUT2D eigenvalue weighted by Crippen LogP contribution is -2.22. The molecule has 1 unspecified atom stereocenters. The molecule has 0 radical (unpaired) electrons. The Morgan fingerprint density at radius 1 is 1.26 bits per heavy atom. The van der Waals surface area contributed by atoms with Gasteiger partial charge in [0.05, 0.1) is 11.8 Å². The first kappa shape index (κ1) is 13.0. The van der Waals surface area contributed by atoms with Crippen molar-refractivity contribution >= 4 is 5.95 Å². The Hall–Kier alpha value is -1.03. The van der Waals surface area contributed by atoms with Gasteiger partial charge in [-0.2, -0.15) is 0 Å². The summed E-state index contributed by atoms with van der Waals surface area (Å²) in [6, 6.07) is 0.641. The molecular formula is C15H25N3O. The quantitative estimate of drug-likeness (QED) is 0.906. The molecule has 4 heteroatoms. The molecule has 1 atom stereocenters. The van der Waals surface area contributed by atoms with Crippen LogP contribution >= 0.6 is 0 Å². The number of nitrogens with one attached hydrogen (secondary N) is 1. The van der Waals surface area contributed by atoms with E-state index in [4.69, 9.17) is 4.74 Å². The second kappa shape index (κ2) is 5.95. The average molecular weight is 263 g/mol. The molecule has 0 amide bonds. The van der Waals surface area contributed by atoms with Crippen molar-refractivity contribution in [3.05, 3.63) is 11.9 Å². The van der Waals surface area contributed by atoms with Crippen molar-refractivity contribution in [2.24, 2.45) is 0 Å². The van der Waals surface area contributed by atoms with E-state index < -0.39 is 0 Å². The van der Waals surface area contributed by atoms with Gasteiger partial charge in [0.2, 0.25) is 5.95 Å². The van der Waals surface area contributed by atoms with Gasteiger partial charge in [-0.25, -0.2) is 4.98 Å². The van der Waals surface area contributed by atoms with Gasteiger partial charge in [0, 0.05) is 25.4 Å². The summed E-state index contributed by atoms with van der Waals surface area (Å²) in [7, 11) is 0. The number of aromatic nitrogens is 2. The predicted molar refractivity (Wildman–Crippen MR) is 76.5 cm³/mol. The first-order valence-corrected chi connectivity index (χ1v) is 7.74. The monoisotopic (exact) mass is 263 g/mol. The fourth-order valence-corrected chi connectivity index (χ4v) is 3.29. The van der Waals surface area contributed by atoms with Crippen LogP contribution in [-0.4, -0.2) is 28.8 Å². The van der Waals surface area contributed by atoms with Gasteiger partial charge >= 0.3 is 0 Å². The van der Waals surface area contributed by atoms with Gasteiger partial charge in [-0.3, -0.25) is 0 Å². The molecule has 2 aliphatic rings. The summed E-state index contributed by atoms with van der Waals surface area (Å²) in [5.41, 5.74) is 1.11. The van der Waals surface area contributed by atoms with Crippen LogP contribution < -0.4 is 5.32 Å². The zero-order chi connectivity index (χ0) is 13.1. The third-order valence-corrected chi connectivity index (χ3v) is 4.33. The molecule has 1 aromatic heterocycles. The summed E-state index contributed by atoms with van der Waals surface area (Å²) in [6.07, 6.45) is 11.6. The summed E-state index contributed by atoms with van der Waals surface area (Å²) in [5, 5.41) is 3.50. The Bertz CT molecular complexity index is 404. The molecule has 1 saturated heterocycles. The second-order valence-corrected chi connectivity index (χ2v) is 5.92. The lowest BCUT2D eigenvalue weighted by molar-refractivity contribution is 0.120. The Kier molecular flexibility index (Phi) is 4.06. The smallest absolute Gasteiger partial charge is 0.203 e. The molecule has 19 heavy (non-hydrogen) atoms. The van der Waals surface area contributed by atoms with E-state index in [0.717, 1.165) is 24.8 Å². The highest BCUT2D eigenvalue weighted by Gasteiger charge is 2.20. The van der Waals surface area contributed by atoms with E-state index in [1.165, 1.54) is 44.9 Å². The number of anilines is 1. The maximum atomic E-state index is 5.67. The number of rotatable bonds is 4. The largest absolute Gasteiger partial charge is 0.376 e. The van der Waals surface area contributed by atoms with E-state index in [-0.39, 0.29) is 0 Å². The average Bonchev–Trinajstić information content (AvgIpc) is 3.06. The molecule has 2 heterocycles. The number of ether oxygens (including phenoxy) is 1. The summed E-state index contributed by atoms with van der Waals surface area (Å²) in [5.74, 6) is 1.04. The van der Waals surface area contributed by atoms with E-state index in [2.05, 4.69) is 28.0 Å². The topological polar surface area (TPSA) is 39.1 Å². The molecule has 2 fully saturated rings. The summed E-state index contributed by atoms with van der Waals surface area (Å²) in [4.78, 5) is 4.64. The van der Waals surface area contributed by atoms with Crippen LogP contribution in [0.2, 0.25) is 0 Å². The molecule has 0 bridgehead atoms. The predicted octanol–water partition coefficient (Wildman–Crippen LogP) is 3.29. The zero-order valence-corrected chi connectivity index (χ0v) is 11.9. The minimum absolute atomic E-state index is 0.372. The Balaban J connectivity index is 1.65. The molecule has 1 saturated carbocycles. The number of hydrogen-bond acceptors (Lipinski definition) is 3. The maximum Gasteiger partial charge on any atom is 0.203 e. The Morgan fingerprint density at radius 3 is 2.84 bits per heavy atom. The van der Waals surface area contributed by atoms with E-state index in [1.54, 1.807) is 0 Å². The Labute approximate surface area is 115 Å². The normalized spacial score (nSPS) is 24.8. The first-order chi connectivity index (χ1) is 9.33. The van der Waals surface area contributed by atoms with Crippen molar-refractivity contribution in [3.8, 4) is 0 Å². The van der Waals surface area contributed by atoms with Crippen LogP contribution in [0.4, 0.5) is 5.95 Å². The third-order valence-electron chi connectivity index (χ3n) is 4.33. The van der Waals surface area contributed by atoms with Gasteiger partial charge in [-0.05, 0) is 32.6 Å². The van der Waals surface area contributed by atoms with Crippen molar-refractivity contribution in [1.82, 2.24) is 9.55 Å². The summed E-state index contributed by atoms with van der Waals surface area (Å²) >= 11 is 0. The molecule has 3 rings (SSSR count). The zero-order valence-electron chi connectivity index (χ0n) is 11.9. The standard InChI is InChI=1S/C15H25N3O/c1-12-11-18(13-6-3-2-4-7-13)15(17-12)16-10-14-8-5-9-19-14/h11,13-14H,2-10H2,1H3,(H,16,17). The van der Waals surface area contributed by atoms with Crippen LogP contribution in [0.5, 0.6) is 0 Å². The fourth-order valence-electron chi connectivity index (χ4n) is 3.29. The van der Waals surface area contributed by atoms with Gasteiger partial charge in [0.1, 0.15) is 0 Å². The fraction of sp³-hybridized carbons (Fsp3) is 0.800. The highest BCUT2D eigenvalue weighted by Crippen LogP contribution is 2.30. The van der Waals surface area contributed by atoms with Crippen molar-refractivity contribution in [2.45, 2.75) is 64.0 Å². The second-order valence-electron chi connectivity index (χ2n) is 5.92. The number of imidazole rings is 1. The lowest BCUT2D eigenvalue weighted by Gasteiger charge is -2.25. The SMILES string of the molecule is Cc1cn(C2CCCCC2)c(NCC2CCCO2)n1. The van der Waals surface area contributed by atoms with Gasteiger partial charge < -0.3 is 14.6 Å². The van der Waals surface area contributed by atoms with Gasteiger partial charge in [0.25, 0.3) is 0 Å². The number of aryl methyl sites for hydroxylation is 1. The number of hydrogen-bond donors (Lipinski definition) is 1. The number of nitrogens with zero attached hydrogens (tertiary/aromatic N) is 2. The molecule has 4 nitrogen and oxygen atoms in total. The van der Waals surface area contributed by atoms with Crippen LogP contribution in [0.15, 0.2) is 6.20 Å². The van der Waals surface area contributed by atoms with Crippen LogP contribution in [0, 0.1) is 6.92 Å². The summed E-state index contributed by atoms with van der Waals surface area (Å²) < 4.78 is 8.03. The van der Waals surface area contributed by atoms with Crippen molar-refractivity contribution in [3.63, 3.8) is 0 Å². The molecule has 1 aliphatic heterocycles. The highest BCUT2D eigenvalue weighted by atomic mass is 16.5. The molecule has 0 spiro atoms. The minimum Gasteiger partial charge on any atom is -0.376 e. The molecule has 106 valence electrons. The van der Waals surface area contributed by atoms with Gasteiger partial charge in [0.15, 0.2) is 0 Å². The van der Waals surface area contributed by atoms with E-state index in [0.29, 0.717) is 12.1 Å². The van der Waals surface area contributed by atoms with Crippen LogP contribution in [0.25, 0.3) is 0 Å². The van der Waals surface area contributed by atoms with Crippen molar-refractivity contribution in [2.75, 3.05) is 18.5 Å². The first-order valence-electron chi connectivity index (χ1n) is 7.74. The lowest BCUT2D eigenvalue weighted by atomic mass is 9.95. The highest BCUT2D eigenvalue weighted by molar-refractivity contribution is 5.30. The van der Waals surface area contributed by atoms with Crippen molar-refractivity contribution in [1.29, 1.82) is 0 Å². The van der Waals surface area contributed by atoms with E-state index >= 15 is 0 Å². The van der Waals surface area contributed by atoms with Crippen LogP contribution in [-0.2, 0) is 4.74 Å². The molecule has 0 aromatic carbocycles. The molecule has 1 aliphatic carbocycles. The van der Waals surface area contributed by atoms with E-state index in [1.807, 2.05) is 0 Å². The summed E-state index contributed by atoms with van der Waals surface area (Å²) in [6.45, 7) is 3.89. The van der Waals surface area contributed by atoms with Crippen LogP contribution in [0.1, 0.15) is 56.7 Å².